The van der Waals surface area contributed by atoms with Crippen molar-refractivity contribution in [1.82, 2.24) is 15.2 Å². The van der Waals surface area contributed by atoms with E-state index in [0.29, 0.717) is 5.56 Å². The number of likely N-dealkylation sites (N-methyl/N-ethyl adjacent to an activating group) is 1. The van der Waals surface area contributed by atoms with E-state index in [1.165, 1.54) is 5.56 Å². The minimum atomic E-state index is 0.702. The van der Waals surface area contributed by atoms with Gasteiger partial charge in [-0.2, -0.15) is 5.26 Å². The molecule has 0 radical (unpaired) electrons. The van der Waals surface area contributed by atoms with Crippen molar-refractivity contribution < 1.29 is 0 Å². The molecule has 2 heterocycles. The predicted octanol–water partition coefficient (Wildman–Crippen LogP) is 2.38. The van der Waals surface area contributed by atoms with Gasteiger partial charge in [-0.05, 0) is 35.9 Å². The minimum Gasteiger partial charge on any atom is -0.354 e. The van der Waals surface area contributed by atoms with Crippen LogP contribution in [0.1, 0.15) is 23.6 Å². The smallest absolute Gasteiger partial charge is 0.128 e. The Morgan fingerprint density at radius 3 is 2.56 bits per heavy atom. The Labute approximate surface area is 149 Å². The molecule has 0 unspecified atom stereocenters. The molecule has 130 valence electrons. The number of pyridine rings is 1. The van der Waals surface area contributed by atoms with E-state index in [4.69, 9.17) is 5.26 Å². The molecule has 1 N–H and O–H groups in total. The zero-order chi connectivity index (χ0) is 17.5. The van der Waals surface area contributed by atoms with Crippen LogP contribution in [-0.4, -0.2) is 42.6 Å². The predicted molar refractivity (Wildman–Crippen MR) is 100 cm³/mol. The van der Waals surface area contributed by atoms with Gasteiger partial charge in [0.25, 0.3) is 0 Å². The van der Waals surface area contributed by atoms with Crippen molar-refractivity contribution in [2.75, 3.05) is 37.6 Å². The molecule has 0 amide bonds. The van der Waals surface area contributed by atoms with Crippen LogP contribution < -0.4 is 10.2 Å². The highest BCUT2D eigenvalue weighted by molar-refractivity contribution is 5.40. The molecule has 0 aliphatic carbocycles. The lowest BCUT2D eigenvalue weighted by Crippen LogP contribution is -2.46. The van der Waals surface area contributed by atoms with E-state index in [1.54, 1.807) is 0 Å². The highest BCUT2D eigenvalue weighted by Gasteiger charge is 2.16. The summed E-state index contributed by atoms with van der Waals surface area (Å²) in [6, 6.07) is 14.1. The Hall–Kier alpha value is -2.42. The SMILES string of the molecule is CCN1CCN(c2ccc(CNCc3cccc(C#N)c3)cn2)CC1. The summed E-state index contributed by atoms with van der Waals surface area (Å²) in [6.45, 7) is 9.19. The second kappa shape index (κ2) is 8.61. The molecule has 5 nitrogen and oxygen atoms in total. The van der Waals surface area contributed by atoms with Crippen molar-refractivity contribution in [1.29, 1.82) is 5.26 Å². The van der Waals surface area contributed by atoms with E-state index in [1.807, 2.05) is 30.5 Å². The number of hydrogen-bond donors (Lipinski definition) is 1. The molecule has 1 aliphatic rings. The van der Waals surface area contributed by atoms with Gasteiger partial charge in [-0.1, -0.05) is 25.1 Å². The fourth-order valence-electron chi connectivity index (χ4n) is 3.10. The normalized spacial score (nSPS) is 15.1. The van der Waals surface area contributed by atoms with Crippen LogP contribution in [-0.2, 0) is 13.1 Å². The van der Waals surface area contributed by atoms with E-state index in [9.17, 15) is 0 Å². The molecule has 0 atom stereocenters. The van der Waals surface area contributed by atoms with Crippen LogP contribution in [0.15, 0.2) is 42.6 Å². The number of nitriles is 1. The van der Waals surface area contributed by atoms with Gasteiger partial charge < -0.3 is 15.1 Å². The van der Waals surface area contributed by atoms with Gasteiger partial charge in [-0.25, -0.2) is 4.98 Å². The van der Waals surface area contributed by atoms with Crippen molar-refractivity contribution in [3.05, 3.63) is 59.3 Å². The fourth-order valence-corrected chi connectivity index (χ4v) is 3.10. The number of nitrogens with zero attached hydrogens (tertiary/aromatic N) is 4. The molecule has 1 aromatic carbocycles. The second-order valence-corrected chi connectivity index (χ2v) is 6.36. The number of rotatable bonds is 6. The first-order valence-electron chi connectivity index (χ1n) is 8.90. The van der Waals surface area contributed by atoms with Crippen LogP contribution in [0, 0.1) is 11.3 Å². The number of benzene rings is 1. The lowest BCUT2D eigenvalue weighted by atomic mass is 10.1. The van der Waals surface area contributed by atoms with E-state index in [0.717, 1.165) is 57.2 Å². The Balaban J connectivity index is 1.48. The summed E-state index contributed by atoms with van der Waals surface area (Å²) in [6.07, 6.45) is 1.96. The molecule has 5 heteroatoms. The molecule has 1 aromatic heterocycles. The molecule has 0 saturated carbocycles. The molecule has 3 rings (SSSR count). The van der Waals surface area contributed by atoms with Gasteiger partial charge in [-0.3, -0.25) is 0 Å². The molecule has 2 aromatic rings. The van der Waals surface area contributed by atoms with Gasteiger partial charge in [0.1, 0.15) is 5.82 Å². The maximum Gasteiger partial charge on any atom is 0.128 e. The standard InChI is InChI=1S/C20H25N5/c1-2-24-8-10-25(11-9-24)20-7-6-19(16-23-20)15-22-14-18-5-3-4-17(12-18)13-21/h3-7,12,16,22H,2,8-11,14-15H2,1H3. The van der Waals surface area contributed by atoms with E-state index < -0.39 is 0 Å². The summed E-state index contributed by atoms with van der Waals surface area (Å²) < 4.78 is 0. The quantitative estimate of drug-likeness (QED) is 0.878. The molecule has 0 bridgehead atoms. The summed E-state index contributed by atoms with van der Waals surface area (Å²) in [5.41, 5.74) is 3.00. The zero-order valence-corrected chi connectivity index (χ0v) is 14.8. The fraction of sp³-hybridized carbons (Fsp3) is 0.400. The van der Waals surface area contributed by atoms with Crippen LogP contribution in [0.4, 0.5) is 5.82 Å². The first-order chi connectivity index (χ1) is 12.3. The van der Waals surface area contributed by atoms with Gasteiger partial charge in [0.05, 0.1) is 11.6 Å². The van der Waals surface area contributed by atoms with Crippen LogP contribution in [0.5, 0.6) is 0 Å². The number of anilines is 1. The largest absolute Gasteiger partial charge is 0.354 e. The van der Waals surface area contributed by atoms with Gasteiger partial charge in [-0.15, -0.1) is 0 Å². The van der Waals surface area contributed by atoms with Gasteiger partial charge in [0.2, 0.25) is 0 Å². The third-order valence-electron chi connectivity index (χ3n) is 4.67. The van der Waals surface area contributed by atoms with Crippen molar-refractivity contribution >= 4 is 5.82 Å². The molecular formula is C20H25N5. The summed E-state index contributed by atoms with van der Waals surface area (Å²) in [4.78, 5) is 9.46. The average molecular weight is 335 g/mol. The van der Waals surface area contributed by atoms with Crippen molar-refractivity contribution in [2.24, 2.45) is 0 Å². The summed E-state index contributed by atoms with van der Waals surface area (Å²) in [5, 5.41) is 12.4. The van der Waals surface area contributed by atoms with E-state index >= 15 is 0 Å². The van der Waals surface area contributed by atoms with E-state index in [-0.39, 0.29) is 0 Å². The molecule has 1 fully saturated rings. The van der Waals surface area contributed by atoms with Gasteiger partial charge >= 0.3 is 0 Å². The number of aromatic nitrogens is 1. The number of hydrogen-bond acceptors (Lipinski definition) is 5. The van der Waals surface area contributed by atoms with Crippen LogP contribution in [0.3, 0.4) is 0 Å². The second-order valence-electron chi connectivity index (χ2n) is 6.36. The maximum absolute atomic E-state index is 8.94. The molecular weight excluding hydrogens is 310 g/mol. The minimum absolute atomic E-state index is 0.702. The highest BCUT2D eigenvalue weighted by Crippen LogP contribution is 2.14. The van der Waals surface area contributed by atoms with Crippen molar-refractivity contribution in [3.8, 4) is 6.07 Å². The van der Waals surface area contributed by atoms with Crippen LogP contribution >= 0.6 is 0 Å². The Bertz CT molecular complexity index is 712. The summed E-state index contributed by atoms with van der Waals surface area (Å²) >= 11 is 0. The lowest BCUT2D eigenvalue weighted by Gasteiger charge is -2.34. The molecule has 25 heavy (non-hydrogen) atoms. The molecule has 1 aliphatic heterocycles. The molecule has 0 spiro atoms. The summed E-state index contributed by atoms with van der Waals surface area (Å²) in [7, 11) is 0. The van der Waals surface area contributed by atoms with Gasteiger partial charge in [0.15, 0.2) is 0 Å². The number of nitrogens with one attached hydrogen (secondary N) is 1. The monoisotopic (exact) mass is 335 g/mol. The highest BCUT2D eigenvalue weighted by atomic mass is 15.3. The summed E-state index contributed by atoms with van der Waals surface area (Å²) in [5.74, 6) is 1.07. The maximum atomic E-state index is 8.94. The Morgan fingerprint density at radius 2 is 1.88 bits per heavy atom. The van der Waals surface area contributed by atoms with Crippen LogP contribution in [0.2, 0.25) is 0 Å². The third-order valence-corrected chi connectivity index (χ3v) is 4.67. The number of piperazine rings is 1. The first kappa shape index (κ1) is 17.4. The average Bonchev–Trinajstić information content (AvgIpc) is 2.69. The van der Waals surface area contributed by atoms with Crippen molar-refractivity contribution in [3.63, 3.8) is 0 Å². The van der Waals surface area contributed by atoms with Crippen molar-refractivity contribution in [2.45, 2.75) is 20.0 Å². The van der Waals surface area contributed by atoms with Crippen LogP contribution in [0.25, 0.3) is 0 Å². The lowest BCUT2D eigenvalue weighted by molar-refractivity contribution is 0.270. The topological polar surface area (TPSA) is 55.2 Å². The zero-order valence-electron chi connectivity index (χ0n) is 14.8. The first-order valence-corrected chi connectivity index (χ1v) is 8.90. The Morgan fingerprint density at radius 1 is 1.08 bits per heavy atom. The van der Waals surface area contributed by atoms with Gasteiger partial charge in [0, 0.05) is 45.5 Å². The van der Waals surface area contributed by atoms with E-state index in [2.05, 4.69) is 45.2 Å². The Kier molecular flexibility index (Phi) is 5.99. The third kappa shape index (κ3) is 4.79. The molecule has 1 saturated heterocycles.